The SMILES string of the molecule is Cc1ccccc1C1CCN(C(=O)Nc2cccs2)CCS1. The molecule has 0 bridgehead atoms. The summed E-state index contributed by atoms with van der Waals surface area (Å²) in [5.41, 5.74) is 2.75. The van der Waals surface area contributed by atoms with Gasteiger partial charge in [-0.25, -0.2) is 4.79 Å². The minimum Gasteiger partial charge on any atom is -0.324 e. The maximum atomic E-state index is 12.3. The summed E-state index contributed by atoms with van der Waals surface area (Å²) < 4.78 is 0. The molecule has 5 heteroatoms. The smallest absolute Gasteiger partial charge is 0.322 e. The van der Waals surface area contributed by atoms with E-state index in [0.29, 0.717) is 5.25 Å². The Hall–Kier alpha value is -1.46. The number of aryl methyl sites for hydroxylation is 1. The first kappa shape index (κ1) is 15.4. The lowest BCUT2D eigenvalue weighted by Gasteiger charge is -2.20. The van der Waals surface area contributed by atoms with Crippen molar-refractivity contribution in [1.29, 1.82) is 0 Å². The molecule has 1 saturated heterocycles. The topological polar surface area (TPSA) is 32.3 Å². The number of rotatable bonds is 2. The summed E-state index contributed by atoms with van der Waals surface area (Å²) in [4.78, 5) is 14.3. The zero-order chi connectivity index (χ0) is 15.4. The van der Waals surface area contributed by atoms with Gasteiger partial charge in [-0.2, -0.15) is 11.8 Å². The van der Waals surface area contributed by atoms with Gasteiger partial charge in [-0.1, -0.05) is 24.3 Å². The van der Waals surface area contributed by atoms with Gasteiger partial charge in [0, 0.05) is 24.1 Å². The Morgan fingerprint density at radius 3 is 2.86 bits per heavy atom. The first-order valence-electron chi connectivity index (χ1n) is 7.50. The zero-order valence-corrected chi connectivity index (χ0v) is 14.3. The first-order valence-corrected chi connectivity index (χ1v) is 9.43. The van der Waals surface area contributed by atoms with Crippen molar-refractivity contribution >= 4 is 34.1 Å². The van der Waals surface area contributed by atoms with Crippen LogP contribution in [0.25, 0.3) is 0 Å². The molecule has 2 amide bonds. The van der Waals surface area contributed by atoms with E-state index in [-0.39, 0.29) is 6.03 Å². The molecule has 1 fully saturated rings. The first-order chi connectivity index (χ1) is 10.7. The molecule has 0 radical (unpaired) electrons. The lowest BCUT2D eigenvalue weighted by atomic mass is 10.0. The number of benzene rings is 1. The fraction of sp³-hybridized carbons (Fsp3) is 0.353. The molecule has 1 atom stereocenters. The minimum absolute atomic E-state index is 0.0217. The van der Waals surface area contributed by atoms with Gasteiger partial charge in [0.25, 0.3) is 0 Å². The summed E-state index contributed by atoms with van der Waals surface area (Å²) >= 11 is 3.52. The van der Waals surface area contributed by atoms with Crippen LogP contribution >= 0.6 is 23.1 Å². The van der Waals surface area contributed by atoms with Crippen LogP contribution in [-0.2, 0) is 0 Å². The molecule has 0 saturated carbocycles. The van der Waals surface area contributed by atoms with Gasteiger partial charge in [-0.3, -0.25) is 5.32 Å². The van der Waals surface area contributed by atoms with Gasteiger partial charge in [0.15, 0.2) is 0 Å². The van der Waals surface area contributed by atoms with E-state index in [4.69, 9.17) is 0 Å². The van der Waals surface area contributed by atoms with E-state index < -0.39 is 0 Å². The maximum Gasteiger partial charge on any atom is 0.322 e. The summed E-state index contributed by atoms with van der Waals surface area (Å²) in [6.07, 6.45) is 1.01. The van der Waals surface area contributed by atoms with Crippen LogP contribution in [0.2, 0.25) is 0 Å². The third kappa shape index (κ3) is 3.65. The molecule has 0 aliphatic carbocycles. The minimum atomic E-state index is 0.0217. The molecular formula is C17H20N2OS2. The molecule has 1 aromatic heterocycles. The van der Waals surface area contributed by atoms with Crippen LogP contribution in [0.15, 0.2) is 41.8 Å². The molecule has 1 aliphatic heterocycles. The fourth-order valence-corrected chi connectivity index (χ4v) is 4.64. The van der Waals surface area contributed by atoms with Crippen molar-refractivity contribution in [3.63, 3.8) is 0 Å². The second-order valence-corrected chi connectivity index (χ2v) is 7.66. The summed E-state index contributed by atoms with van der Waals surface area (Å²) in [7, 11) is 0. The number of anilines is 1. The number of carbonyl (C=O) groups excluding carboxylic acids is 1. The normalized spacial score (nSPS) is 18.8. The third-order valence-corrected chi connectivity index (χ3v) is 6.01. The van der Waals surface area contributed by atoms with Gasteiger partial charge >= 0.3 is 6.03 Å². The van der Waals surface area contributed by atoms with Crippen molar-refractivity contribution in [3.05, 3.63) is 52.9 Å². The second-order valence-electron chi connectivity index (χ2n) is 5.40. The number of carbonyl (C=O) groups is 1. The second kappa shape index (κ2) is 7.20. The summed E-state index contributed by atoms with van der Waals surface area (Å²) in [6.45, 7) is 3.79. The van der Waals surface area contributed by atoms with Crippen LogP contribution in [0.5, 0.6) is 0 Å². The van der Waals surface area contributed by atoms with E-state index in [1.165, 1.54) is 11.1 Å². The van der Waals surface area contributed by atoms with Gasteiger partial charge in [0.05, 0.1) is 5.00 Å². The monoisotopic (exact) mass is 332 g/mol. The predicted octanol–water partition coefficient (Wildman–Crippen LogP) is 4.77. The van der Waals surface area contributed by atoms with Gasteiger partial charge in [-0.15, -0.1) is 11.3 Å². The van der Waals surface area contributed by atoms with E-state index >= 15 is 0 Å². The average molecular weight is 332 g/mol. The zero-order valence-electron chi connectivity index (χ0n) is 12.6. The Morgan fingerprint density at radius 1 is 1.23 bits per heavy atom. The van der Waals surface area contributed by atoms with Crippen molar-refractivity contribution in [2.75, 3.05) is 24.2 Å². The van der Waals surface area contributed by atoms with E-state index in [1.807, 2.05) is 34.2 Å². The molecule has 1 aromatic carbocycles. The Kier molecular flexibility index (Phi) is 5.05. The predicted molar refractivity (Wildman–Crippen MR) is 95.9 cm³/mol. The van der Waals surface area contributed by atoms with Crippen LogP contribution < -0.4 is 5.32 Å². The van der Waals surface area contributed by atoms with Crippen LogP contribution in [0.3, 0.4) is 0 Å². The summed E-state index contributed by atoms with van der Waals surface area (Å²) in [6, 6.07) is 12.5. The molecular weight excluding hydrogens is 312 g/mol. The number of thioether (sulfide) groups is 1. The Morgan fingerprint density at radius 2 is 2.09 bits per heavy atom. The third-order valence-electron chi connectivity index (χ3n) is 3.92. The molecule has 1 unspecified atom stereocenters. The van der Waals surface area contributed by atoms with E-state index in [0.717, 1.165) is 30.3 Å². The van der Waals surface area contributed by atoms with Crippen LogP contribution in [0.1, 0.15) is 22.8 Å². The number of thiophene rings is 1. The van der Waals surface area contributed by atoms with Crippen LogP contribution in [0.4, 0.5) is 9.80 Å². The van der Waals surface area contributed by atoms with Crippen molar-refractivity contribution in [2.45, 2.75) is 18.6 Å². The highest BCUT2D eigenvalue weighted by molar-refractivity contribution is 7.99. The lowest BCUT2D eigenvalue weighted by Crippen LogP contribution is -2.36. The Balaban J connectivity index is 1.62. The van der Waals surface area contributed by atoms with Crippen LogP contribution in [-0.4, -0.2) is 29.8 Å². The number of urea groups is 1. The largest absolute Gasteiger partial charge is 0.324 e. The number of amides is 2. The molecule has 2 heterocycles. The highest BCUT2D eigenvalue weighted by atomic mass is 32.2. The standard InChI is InChI=1S/C17H20N2OS2/c1-13-5-2-3-6-14(13)15-8-9-19(10-12-21-15)17(20)18-16-7-4-11-22-16/h2-7,11,15H,8-10,12H2,1H3,(H,18,20). The molecule has 116 valence electrons. The highest BCUT2D eigenvalue weighted by Gasteiger charge is 2.22. The van der Waals surface area contributed by atoms with Gasteiger partial charge in [-0.05, 0) is 42.0 Å². The number of nitrogens with zero attached hydrogens (tertiary/aromatic N) is 1. The molecule has 1 aliphatic rings. The average Bonchev–Trinajstić information content (AvgIpc) is 2.90. The fourth-order valence-electron chi connectivity index (χ4n) is 2.70. The summed E-state index contributed by atoms with van der Waals surface area (Å²) in [5, 5.41) is 6.36. The molecule has 2 aromatic rings. The quantitative estimate of drug-likeness (QED) is 0.859. The number of hydrogen-bond donors (Lipinski definition) is 1. The molecule has 0 spiro atoms. The Bertz CT molecular complexity index is 627. The van der Waals surface area contributed by atoms with E-state index in [2.05, 4.69) is 36.5 Å². The molecule has 22 heavy (non-hydrogen) atoms. The lowest BCUT2D eigenvalue weighted by molar-refractivity contribution is 0.215. The van der Waals surface area contributed by atoms with E-state index in [9.17, 15) is 4.79 Å². The number of nitrogens with one attached hydrogen (secondary N) is 1. The number of hydrogen-bond acceptors (Lipinski definition) is 3. The van der Waals surface area contributed by atoms with Crippen molar-refractivity contribution in [3.8, 4) is 0 Å². The van der Waals surface area contributed by atoms with Gasteiger partial charge in [0.2, 0.25) is 0 Å². The van der Waals surface area contributed by atoms with Gasteiger partial charge in [0.1, 0.15) is 0 Å². The molecule has 1 N–H and O–H groups in total. The summed E-state index contributed by atoms with van der Waals surface area (Å²) in [5.74, 6) is 0.983. The van der Waals surface area contributed by atoms with Gasteiger partial charge < -0.3 is 4.90 Å². The van der Waals surface area contributed by atoms with Crippen molar-refractivity contribution in [1.82, 2.24) is 4.90 Å². The maximum absolute atomic E-state index is 12.3. The van der Waals surface area contributed by atoms with Crippen LogP contribution in [0, 0.1) is 6.92 Å². The van der Waals surface area contributed by atoms with Crippen molar-refractivity contribution < 1.29 is 4.79 Å². The molecule has 3 rings (SSSR count). The van der Waals surface area contributed by atoms with Crippen molar-refractivity contribution in [2.24, 2.45) is 0 Å². The van der Waals surface area contributed by atoms with E-state index in [1.54, 1.807) is 11.3 Å². The molecule has 3 nitrogen and oxygen atoms in total. The Labute approximate surface area is 139 Å². The highest BCUT2D eigenvalue weighted by Crippen LogP contribution is 2.36.